The van der Waals surface area contributed by atoms with E-state index in [1.54, 1.807) is 0 Å². The summed E-state index contributed by atoms with van der Waals surface area (Å²) in [6.45, 7) is 0.427. The number of hydrogen-bond acceptors (Lipinski definition) is 3. The highest BCUT2D eigenvalue weighted by Gasteiger charge is 2.31. The van der Waals surface area contributed by atoms with Crippen LogP contribution in [0.4, 0.5) is 0 Å². The zero-order valence-corrected chi connectivity index (χ0v) is 10.1. The SMILES string of the molecule is NCc1nnn(-c2ccccc2Cl)c1C1CC1. The van der Waals surface area contributed by atoms with Crippen molar-refractivity contribution in [3.05, 3.63) is 40.7 Å². The van der Waals surface area contributed by atoms with E-state index in [2.05, 4.69) is 10.3 Å². The van der Waals surface area contributed by atoms with E-state index in [0.29, 0.717) is 17.5 Å². The number of rotatable bonds is 3. The molecular weight excluding hydrogens is 236 g/mol. The molecule has 1 saturated carbocycles. The van der Waals surface area contributed by atoms with E-state index >= 15 is 0 Å². The Morgan fingerprint density at radius 1 is 1.35 bits per heavy atom. The molecule has 0 spiro atoms. The minimum absolute atomic E-state index is 0.427. The number of halogens is 1. The summed E-state index contributed by atoms with van der Waals surface area (Å²) in [6.07, 6.45) is 2.37. The zero-order chi connectivity index (χ0) is 11.8. The van der Waals surface area contributed by atoms with Crippen molar-refractivity contribution < 1.29 is 0 Å². The van der Waals surface area contributed by atoms with Crippen LogP contribution in [0.25, 0.3) is 5.69 Å². The van der Waals surface area contributed by atoms with E-state index in [9.17, 15) is 0 Å². The number of nitrogens with zero attached hydrogens (tertiary/aromatic N) is 3. The maximum atomic E-state index is 6.19. The second kappa shape index (κ2) is 4.13. The molecule has 88 valence electrons. The molecule has 1 aromatic heterocycles. The molecule has 0 saturated heterocycles. The highest BCUT2D eigenvalue weighted by atomic mass is 35.5. The number of aromatic nitrogens is 3. The lowest BCUT2D eigenvalue weighted by molar-refractivity contribution is 0.764. The average molecular weight is 249 g/mol. The summed E-state index contributed by atoms with van der Waals surface area (Å²) in [6, 6.07) is 7.66. The van der Waals surface area contributed by atoms with Gasteiger partial charge in [0, 0.05) is 12.5 Å². The molecule has 0 unspecified atom stereocenters. The maximum absolute atomic E-state index is 6.19. The predicted octanol–water partition coefficient (Wildman–Crippen LogP) is 2.26. The molecule has 2 N–H and O–H groups in total. The van der Waals surface area contributed by atoms with Crippen molar-refractivity contribution in [2.24, 2.45) is 5.73 Å². The first-order valence-corrected chi connectivity index (χ1v) is 6.08. The van der Waals surface area contributed by atoms with Crippen LogP contribution < -0.4 is 5.73 Å². The summed E-state index contributed by atoms with van der Waals surface area (Å²) in [5.74, 6) is 0.542. The van der Waals surface area contributed by atoms with Crippen molar-refractivity contribution in [1.29, 1.82) is 0 Å². The van der Waals surface area contributed by atoms with E-state index in [-0.39, 0.29) is 0 Å². The number of hydrogen-bond donors (Lipinski definition) is 1. The summed E-state index contributed by atoms with van der Waals surface area (Å²) in [5, 5.41) is 9.01. The Bertz CT molecular complexity index is 545. The van der Waals surface area contributed by atoms with Crippen LogP contribution in [-0.4, -0.2) is 15.0 Å². The molecule has 0 bridgehead atoms. The van der Waals surface area contributed by atoms with Crippen molar-refractivity contribution in [3.63, 3.8) is 0 Å². The quantitative estimate of drug-likeness (QED) is 0.907. The second-order valence-corrected chi connectivity index (χ2v) is 4.67. The Hall–Kier alpha value is -1.39. The van der Waals surface area contributed by atoms with Crippen molar-refractivity contribution in [3.8, 4) is 5.69 Å². The van der Waals surface area contributed by atoms with Gasteiger partial charge in [-0.05, 0) is 25.0 Å². The van der Waals surface area contributed by atoms with E-state index in [0.717, 1.165) is 17.1 Å². The number of benzene rings is 1. The number of nitrogens with two attached hydrogens (primary N) is 1. The Morgan fingerprint density at radius 3 is 2.76 bits per heavy atom. The van der Waals surface area contributed by atoms with Gasteiger partial charge in [0.25, 0.3) is 0 Å². The van der Waals surface area contributed by atoms with E-state index < -0.39 is 0 Å². The van der Waals surface area contributed by atoms with Crippen LogP contribution in [0.5, 0.6) is 0 Å². The molecule has 1 aromatic carbocycles. The summed E-state index contributed by atoms with van der Waals surface area (Å²) < 4.78 is 1.84. The summed E-state index contributed by atoms with van der Waals surface area (Å²) >= 11 is 6.19. The van der Waals surface area contributed by atoms with Gasteiger partial charge in [0.15, 0.2) is 0 Å². The molecule has 1 aliphatic carbocycles. The zero-order valence-electron chi connectivity index (χ0n) is 9.31. The van der Waals surface area contributed by atoms with Gasteiger partial charge in [0.2, 0.25) is 0 Å². The number of para-hydroxylation sites is 1. The highest BCUT2D eigenvalue weighted by Crippen LogP contribution is 2.42. The molecular formula is C12H13ClN4. The van der Waals surface area contributed by atoms with Crippen molar-refractivity contribution in [2.45, 2.75) is 25.3 Å². The molecule has 5 heteroatoms. The minimum atomic E-state index is 0.427. The molecule has 0 aliphatic heterocycles. The Labute approximate surface area is 104 Å². The third-order valence-corrected chi connectivity index (χ3v) is 3.34. The molecule has 0 radical (unpaired) electrons. The summed E-state index contributed by atoms with van der Waals surface area (Å²) in [7, 11) is 0. The topological polar surface area (TPSA) is 56.7 Å². The van der Waals surface area contributed by atoms with E-state index in [1.165, 1.54) is 12.8 Å². The lowest BCUT2D eigenvalue weighted by atomic mass is 10.2. The lowest BCUT2D eigenvalue weighted by Gasteiger charge is -2.07. The van der Waals surface area contributed by atoms with Gasteiger partial charge >= 0.3 is 0 Å². The van der Waals surface area contributed by atoms with Crippen LogP contribution in [0.3, 0.4) is 0 Å². The fourth-order valence-electron chi connectivity index (χ4n) is 2.03. The van der Waals surface area contributed by atoms with E-state index in [1.807, 2.05) is 28.9 Å². The van der Waals surface area contributed by atoms with Crippen LogP contribution in [0.1, 0.15) is 30.1 Å². The molecule has 0 amide bonds. The Morgan fingerprint density at radius 2 is 2.12 bits per heavy atom. The molecule has 1 heterocycles. The molecule has 17 heavy (non-hydrogen) atoms. The van der Waals surface area contributed by atoms with Gasteiger partial charge in [-0.15, -0.1) is 5.10 Å². The van der Waals surface area contributed by atoms with Crippen molar-refractivity contribution >= 4 is 11.6 Å². The average Bonchev–Trinajstić information content (AvgIpc) is 3.10. The lowest BCUT2D eigenvalue weighted by Crippen LogP contribution is -2.05. The fourth-order valence-corrected chi connectivity index (χ4v) is 2.25. The van der Waals surface area contributed by atoms with Gasteiger partial charge < -0.3 is 5.73 Å². The third kappa shape index (κ3) is 1.83. The third-order valence-electron chi connectivity index (χ3n) is 3.02. The normalized spacial score (nSPS) is 15.2. The summed E-state index contributed by atoms with van der Waals surface area (Å²) in [4.78, 5) is 0. The molecule has 0 atom stereocenters. The standard InChI is InChI=1S/C12H13ClN4/c13-9-3-1-2-4-11(9)17-12(8-5-6-8)10(7-14)15-16-17/h1-4,8H,5-7,14H2. The van der Waals surface area contributed by atoms with Crippen LogP contribution in [0, 0.1) is 0 Å². The predicted molar refractivity (Wildman–Crippen MR) is 66.2 cm³/mol. The fraction of sp³-hybridized carbons (Fsp3) is 0.333. The smallest absolute Gasteiger partial charge is 0.100 e. The van der Waals surface area contributed by atoms with Gasteiger partial charge in [0.05, 0.1) is 16.4 Å². The van der Waals surface area contributed by atoms with Crippen LogP contribution >= 0.6 is 11.6 Å². The largest absolute Gasteiger partial charge is 0.325 e. The monoisotopic (exact) mass is 248 g/mol. The van der Waals surface area contributed by atoms with Gasteiger partial charge in [-0.3, -0.25) is 0 Å². The molecule has 2 aromatic rings. The Balaban J connectivity index is 2.14. The van der Waals surface area contributed by atoms with Crippen molar-refractivity contribution in [1.82, 2.24) is 15.0 Å². The van der Waals surface area contributed by atoms with Gasteiger partial charge in [-0.1, -0.05) is 28.9 Å². The van der Waals surface area contributed by atoms with E-state index in [4.69, 9.17) is 17.3 Å². The Kier molecular flexibility index (Phi) is 2.61. The minimum Gasteiger partial charge on any atom is -0.325 e. The molecule has 3 rings (SSSR count). The van der Waals surface area contributed by atoms with Crippen molar-refractivity contribution in [2.75, 3.05) is 0 Å². The van der Waals surface area contributed by atoms with Gasteiger partial charge in [-0.25, -0.2) is 4.68 Å². The first-order valence-electron chi connectivity index (χ1n) is 5.70. The van der Waals surface area contributed by atoms with Gasteiger partial charge in [0.1, 0.15) is 5.69 Å². The first-order chi connectivity index (χ1) is 8.31. The van der Waals surface area contributed by atoms with Crippen LogP contribution in [0.2, 0.25) is 5.02 Å². The van der Waals surface area contributed by atoms with Crippen LogP contribution in [0.15, 0.2) is 24.3 Å². The molecule has 1 aliphatic rings. The molecule has 1 fully saturated rings. The first kappa shape index (κ1) is 10.7. The summed E-state index contributed by atoms with van der Waals surface area (Å²) in [5.41, 5.74) is 8.58. The van der Waals surface area contributed by atoms with Gasteiger partial charge in [-0.2, -0.15) is 0 Å². The highest BCUT2D eigenvalue weighted by molar-refractivity contribution is 6.32. The van der Waals surface area contributed by atoms with Crippen LogP contribution in [-0.2, 0) is 6.54 Å². The molecule has 4 nitrogen and oxygen atoms in total. The maximum Gasteiger partial charge on any atom is 0.100 e. The second-order valence-electron chi connectivity index (χ2n) is 4.26.